The van der Waals surface area contributed by atoms with Crippen LogP contribution in [-0.4, -0.2) is 12.2 Å². The highest BCUT2D eigenvalue weighted by atomic mass is 19.1. The maximum Gasteiger partial charge on any atom is 0.165 e. The molecule has 0 heterocycles. The number of rotatable bonds is 2. The third kappa shape index (κ3) is 2.18. The molecule has 13 heavy (non-hydrogen) atoms. The van der Waals surface area contributed by atoms with Crippen LogP contribution in [0.3, 0.4) is 0 Å². The minimum absolute atomic E-state index is 0.188. The van der Waals surface area contributed by atoms with E-state index in [9.17, 15) is 9.50 Å². The number of ether oxygens (including phenoxy) is 1. The van der Waals surface area contributed by atoms with Crippen LogP contribution in [0.2, 0.25) is 0 Å². The van der Waals surface area contributed by atoms with Crippen molar-refractivity contribution in [3.63, 3.8) is 0 Å². The van der Waals surface area contributed by atoms with E-state index in [1.165, 1.54) is 19.2 Å². The molecule has 0 aliphatic heterocycles. The van der Waals surface area contributed by atoms with Gasteiger partial charge in [-0.25, -0.2) is 4.39 Å². The van der Waals surface area contributed by atoms with Gasteiger partial charge >= 0.3 is 0 Å². The lowest BCUT2D eigenvalue weighted by molar-refractivity contribution is 0.0781. The zero-order chi connectivity index (χ0) is 10.1. The van der Waals surface area contributed by atoms with Gasteiger partial charge in [0.2, 0.25) is 0 Å². The van der Waals surface area contributed by atoms with Crippen LogP contribution in [0.4, 0.5) is 4.39 Å². The maximum atomic E-state index is 13.1. The van der Waals surface area contributed by atoms with Gasteiger partial charge in [0, 0.05) is 0 Å². The first kappa shape index (κ1) is 9.99. The summed E-state index contributed by atoms with van der Waals surface area (Å²) in [6.07, 6.45) is 0. The molecular weight excluding hydrogens is 171 g/mol. The van der Waals surface area contributed by atoms with Gasteiger partial charge < -0.3 is 9.84 Å². The number of hydrogen-bond acceptors (Lipinski definition) is 2. The largest absolute Gasteiger partial charge is 0.494 e. The Morgan fingerprint density at radius 2 is 2.00 bits per heavy atom. The number of aliphatic hydroxyl groups is 1. The van der Waals surface area contributed by atoms with E-state index in [0.717, 1.165) is 0 Å². The highest BCUT2D eigenvalue weighted by Crippen LogP contribution is 2.24. The van der Waals surface area contributed by atoms with Crippen LogP contribution < -0.4 is 4.74 Å². The van der Waals surface area contributed by atoms with E-state index < -0.39 is 11.4 Å². The smallest absolute Gasteiger partial charge is 0.165 e. The fourth-order valence-corrected chi connectivity index (χ4v) is 1.05. The first-order chi connectivity index (χ1) is 5.95. The molecule has 0 amide bonds. The number of hydrogen-bond donors (Lipinski definition) is 1. The topological polar surface area (TPSA) is 29.5 Å². The third-order valence-corrected chi connectivity index (χ3v) is 1.86. The van der Waals surface area contributed by atoms with Gasteiger partial charge in [-0.1, -0.05) is 6.07 Å². The van der Waals surface area contributed by atoms with Gasteiger partial charge in [0.15, 0.2) is 11.6 Å². The van der Waals surface area contributed by atoms with Gasteiger partial charge in [0.1, 0.15) is 0 Å². The molecular formula is C10H13FO2. The molecule has 0 bridgehead atoms. The van der Waals surface area contributed by atoms with Gasteiger partial charge in [-0.05, 0) is 31.5 Å². The van der Waals surface area contributed by atoms with E-state index >= 15 is 0 Å². The summed E-state index contributed by atoms with van der Waals surface area (Å²) in [5.74, 6) is -0.268. The second kappa shape index (κ2) is 3.34. The van der Waals surface area contributed by atoms with Crippen molar-refractivity contribution in [2.75, 3.05) is 7.11 Å². The summed E-state index contributed by atoms with van der Waals surface area (Å²) in [5, 5.41) is 9.57. The second-order valence-electron chi connectivity index (χ2n) is 3.41. The average Bonchev–Trinajstić information content (AvgIpc) is 2.02. The minimum atomic E-state index is -1.02. The van der Waals surface area contributed by atoms with E-state index in [2.05, 4.69) is 0 Å². The molecule has 0 saturated carbocycles. The zero-order valence-electron chi connectivity index (χ0n) is 7.97. The molecule has 0 saturated heterocycles. The molecule has 0 radical (unpaired) electrons. The van der Waals surface area contributed by atoms with Crippen molar-refractivity contribution in [2.45, 2.75) is 19.4 Å². The minimum Gasteiger partial charge on any atom is -0.494 e. The molecule has 0 fully saturated rings. The number of halogens is 1. The third-order valence-electron chi connectivity index (χ3n) is 1.86. The Labute approximate surface area is 77.0 Å². The molecule has 0 spiro atoms. The van der Waals surface area contributed by atoms with E-state index in [1.54, 1.807) is 19.9 Å². The summed E-state index contributed by atoms with van der Waals surface area (Å²) >= 11 is 0. The van der Waals surface area contributed by atoms with Crippen LogP contribution in [0.25, 0.3) is 0 Å². The molecule has 1 aromatic rings. The average molecular weight is 184 g/mol. The fourth-order valence-electron chi connectivity index (χ4n) is 1.05. The SMILES string of the molecule is COc1ccc(C(C)(C)O)cc1F. The monoisotopic (exact) mass is 184 g/mol. The van der Waals surface area contributed by atoms with Crippen molar-refractivity contribution in [3.8, 4) is 5.75 Å². The molecule has 0 unspecified atom stereocenters. The second-order valence-corrected chi connectivity index (χ2v) is 3.41. The quantitative estimate of drug-likeness (QED) is 0.762. The Hall–Kier alpha value is -1.09. The van der Waals surface area contributed by atoms with Crippen molar-refractivity contribution in [1.82, 2.24) is 0 Å². The van der Waals surface area contributed by atoms with Crippen molar-refractivity contribution in [3.05, 3.63) is 29.6 Å². The first-order valence-electron chi connectivity index (χ1n) is 4.01. The van der Waals surface area contributed by atoms with Crippen LogP contribution >= 0.6 is 0 Å². The fraction of sp³-hybridized carbons (Fsp3) is 0.400. The molecule has 1 N–H and O–H groups in total. The molecule has 1 aromatic carbocycles. The Morgan fingerprint density at radius 3 is 2.38 bits per heavy atom. The molecule has 2 nitrogen and oxygen atoms in total. The van der Waals surface area contributed by atoms with E-state index in [4.69, 9.17) is 4.74 Å². The van der Waals surface area contributed by atoms with Gasteiger partial charge in [0.05, 0.1) is 12.7 Å². The standard InChI is InChI=1S/C10H13FO2/c1-10(2,12)7-4-5-9(13-3)8(11)6-7/h4-6,12H,1-3H3. The van der Waals surface area contributed by atoms with E-state index in [1.807, 2.05) is 0 Å². The highest BCUT2D eigenvalue weighted by molar-refractivity contribution is 5.31. The normalized spacial score (nSPS) is 11.5. The van der Waals surface area contributed by atoms with Gasteiger partial charge in [-0.15, -0.1) is 0 Å². The lowest BCUT2D eigenvalue weighted by Crippen LogP contribution is -2.15. The van der Waals surface area contributed by atoms with Crippen LogP contribution in [0, 0.1) is 5.82 Å². The van der Waals surface area contributed by atoms with Gasteiger partial charge in [-0.3, -0.25) is 0 Å². The lowest BCUT2D eigenvalue weighted by Gasteiger charge is -2.18. The predicted octanol–water partition coefficient (Wildman–Crippen LogP) is 2.06. The Balaban J connectivity index is 3.10. The molecule has 0 aliphatic rings. The van der Waals surface area contributed by atoms with Crippen LogP contribution in [-0.2, 0) is 5.60 Å². The van der Waals surface area contributed by atoms with Crippen LogP contribution in [0.5, 0.6) is 5.75 Å². The summed E-state index contributed by atoms with van der Waals surface area (Å²) < 4.78 is 17.9. The van der Waals surface area contributed by atoms with Crippen LogP contribution in [0.1, 0.15) is 19.4 Å². The van der Waals surface area contributed by atoms with Gasteiger partial charge in [0.25, 0.3) is 0 Å². The highest BCUT2D eigenvalue weighted by Gasteiger charge is 2.17. The molecule has 0 aromatic heterocycles. The first-order valence-corrected chi connectivity index (χ1v) is 4.01. The Kier molecular flexibility index (Phi) is 2.57. The summed E-state index contributed by atoms with van der Waals surface area (Å²) in [7, 11) is 1.40. The van der Waals surface area contributed by atoms with Crippen LogP contribution in [0.15, 0.2) is 18.2 Å². The molecule has 72 valence electrons. The number of benzene rings is 1. The van der Waals surface area contributed by atoms with E-state index in [-0.39, 0.29) is 5.75 Å². The Bertz CT molecular complexity index is 302. The zero-order valence-corrected chi connectivity index (χ0v) is 7.97. The maximum absolute atomic E-state index is 13.1. The predicted molar refractivity (Wildman–Crippen MR) is 48.2 cm³/mol. The van der Waals surface area contributed by atoms with Crippen molar-refractivity contribution >= 4 is 0 Å². The van der Waals surface area contributed by atoms with Crippen molar-refractivity contribution in [2.24, 2.45) is 0 Å². The molecule has 0 aliphatic carbocycles. The Morgan fingerprint density at radius 1 is 1.38 bits per heavy atom. The summed E-state index contributed by atoms with van der Waals surface area (Å²) in [5.41, 5.74) is -0.488. The lowest BCUT2D eigenvalue weighted by atomic mass is 9.98. The summed E-state index contributed by atoms with van der Waals surface area (Å²) in [4.78, 5) is 0. The van der Waals surface area contributed by atoms with Crippen molar-refractivity contribution < 1.29 is 14.2 Å². The van der Waals surface area contributed by atoms with E-state index in [0.29, 0.717) is 5.56 Å². The molecule has 0 atom stereocenters. The summed E-state index contributed by atoms with van der Waals surface area (Å²) in [6.45, 7) is 3.21. The molecule has 3 heteroatoms. The summed E-state index contributed by atoms with van der Waals surface area (Å²) in [6, 6.07) is 4.42. The van der Waals surface area contributed by atoms with Gasteiger partial charge in [-0.2, -0.15) is 0 Å². The van der Waals surface area contributed by atoms with Crippen molar-refractivity contribution in [1.29, 1.82) is 0 Å². The molecule has 1 rings (SSSR count). The number of methoxy groups -OCH3 is 1.